The van der Waals surface area contributed by atoms with Crippen LogP contribution in [0.5, 0.6) is 0 Å². The molecule has 70 valence electrons. The van der Waals surface area contributed by atoms with Gasteiger partial charge in [-0.1, -0.05) is 0 Å². The van der Waals surface area contributed by atoms with Gasteiger partial charge in [-0.05, 0) is 18.2 Å². The van der Waals surface area contributed by atoms with Gasteiger partial charge in [0, 0.05) is 0 Å². The van der Waals surface area contributed by atoms with Crippen molar-refractivity contribution in [1.29, 1.82) is 0 Å². The molecule has 1 heterocycles. The average Bonchev–Trinajstić information content (AvgIpc) is 2.77. The molecular weight excluding hydrogens is 176 g/mol. The maximum Gasteiger partial charge on any atom is 0.336 e. The van der Waals surface area contributed by atoms with E-state index < -0.39 is 23.8 Å². The second-order valence-corrected chi connectivity index (χ2v) is 3.06. The lowest BCUT2D eigenvalue weighted by atomic mass is 9.94. The molecule has 2 rings (SSSR count). The molecule has 2 aliphatic rings. The second-order valence-electron chi connectivity index (χ2n) is 3.06. The van der Waals surface area contributed by atoms with E-state index in [1.54, 1.807) is 0 Å². The highest BCUT2D eigenvalue weighted by Gasteiger charge is 2.62. The molecule has 5 nitrogen and oxygen atoms in total. The lowest BCUT2D eigenvalue weighted by Gasteiger charge is -2.13. The third kappa shape index (κ3) is 1.05. The largest absolute Gasteiger partial charge is 0.508 e. The molecule has 13 heavy (non-hydrogen) atoms. The highest BCUT2D eigenvalue weighted by atomic mass is 16.6. The molecule has 1 saturated heterocycles. The van der Waals surface area contributed by atoms with E-state index in [-0.39, 0.29) is 5.76 Å². The Kier molecular flexibility index (Phi) is 1.49. The standard InChI is InChI=1S/C8H8O5/c9-4-1-2-8(5(3-4)13-8)6(10)7(11)12/h1-3,5-6,9-10H,(H,11,12). The summed E-state index contributed by atoms with van der Waals surface area (Å²) in [6.45, 7) is 0. The van der Waals surface area contributed by atoms with Crippen molar-refractivity contribution in [3.05, 3.63) is 24.0 Å². The summed E-state index contributed by atoms with van der Waals surface area (Å²) in [6.07, 6.45) is 1.94. The van der Waals surface area contributed by atoms with E-state index in [9.17, 15) is 9.90 Å². The number of epoxide rings is 1. The zero-order valence-electron chi connectivity index (χ0n) is 6.54. The van der Waals surface area contributed by atoms with Crippen molar-refractivity contribution in [2.45, 2.75) is 17.8 Å². The fourth-order valence-electron chi connectivity index (χ4n) is 1.41. The lowest BCUT2D eigenvalue weighted by molar-refractivity contribution is -0.149. The average molecular weight is 184 g/mol. The van der Waals surface area contributed by atoms with Crippen LogP contribution in [0.1, 0.15) is 0 Å². The number of allylic oxidation sites excluding steroid dienone is 1. The number of carboxylic acids is 1. The van der Waals surface area contributed by atoms with Gasteiger partial charge in [-0.2, -0.15) is 0 Å². The first kappa shape index (κ1) is 8.28. The van der Waals surface area contributed by atoms with E-state index in [0.717, 1.165) is 0 Å². The van der Waals surface area contributed by atoms with Crippen molar-refractivity contribution in [1.82, 2.24) is 0 Å². The van der Waals surface area contributed by atoms with E-state index in [4.69, 9.17) is 14.9 Å². The Balaban J connectivity index is 2.21. The number of hydrogen-bond donors (Lipinski definition) is 3. The van der Waals surface area contributed by atoms with E-state index in [1.807, 2.05) is 0 Å². The van der Waals surface area contributed by atoms with Crippen molar-refractivity contribution in [3.8, 4) is 0 Å². The number of aliphatic hydroxyl groups is 2. The second kappa shape index (κ2) is 2.34. The number of aliphatic hydroxyl groups excluding tert-OH is 2. The van der Waals surface area contributed by atoms with Crippen LogP contribution in [0.25, 0.3) is 0 Å². The molecule has 0 saturated carbocycles. The van der Waals surface area contributed by atoms with Gasteiger partial charge in [-0.15, -0.1) is 0 Å². The maximum atomic E-state index is 10.5. The third-order valence-corrected chi connectivity index (χ3v) is 2.22. The summed E-state index contributed by atoms with van der Waals surface area (Å²) in [7, 11) is 0. The summed E-state index contributed by atoms with van der Waals surface area (Å²) in [6, 6.07) is 0. The van der Waals surface area contributed by atoms with Crippen molar-refractivity contribution in [3.63, 3.8) is 0 Å². The van der Waals surface area contributed by atoms with Crippen LogP contribution in [0.3, 0.4) is 0 Å². The minimum absolute atomic E-state index is 0.0238. The third-order valence-electron chi connectivity index (χ3n) is 2.22. The van der Waals surface area contributed by atoms with E-state index >= 15 is 0 Å². The van der Waals surface area contributed by atoms with Gasteiger partial charge in [0.25, 0.3) is 0 Å². The molecule has 0 aromatic rings. The molecule has 5 heteroatoms. The quantitative estimate of drug-likeness (QED) is 0.507. The first-order valence-electron chi connectivity index (χ1n) is 3.75. The van der Waals surface area contributed by atoms with Crippen LogP contribution in [0.2, 0.25) is 0 Å². The van der Waals surface area contributed by atoms with Gasteiger partial charge >= 0.3 is 5.97 Å². The first-order valence-corrected chi connectivity index (χ1v) is 3.75. The summed E-state index contributed by atoms with van der Waals surface area (Å²) in [4.78, 5) is 10.5. The predicted octanol–water partition coefficient (Wildman–Crippen LogP) is -0.419. The molecule has 0 amide bonds. The Morgan fingerprint density at radius 3 is 2.92 bits per heavy atom. The van der Waals surface area contributed by atoms with Crippen molar-refractivity contribution in [2.24, 2.45) is 0 Å². The summed E-state index contributed by atoms with van der Waals surface area (Å²) in [5.41, 5.74) is -1.15. The SMILES string of the molecule is O=C(O)C(O)C12C=CC(O)=CC1O2. The molecule has 1 fully saturated rings. The van der Waals surface area contributed by atoms with Gasteiger partial charge in [-0.3, -0.25) is 0 Å². The smallest absolute Gasteiger partial charge is 0.336 e. The van der Waals surface area contributed by atoms with Crippen LogP contribution in [-0.4, -0.2) is 39.1 Å². The number of ether oxygens (including phenoxy) is 1. The minimum atomic E-state index is -1.59. The maximum absolute atomic E-state index is 10.5. The number of fused-ring (bicyclic) bond motifs is 1. The van der Waals surface area contributed by atoms with Crippen LogP contribution in [0.4, 0.5) is 0 Å². The molecule has 0 bridgehead atoms. The van der Waals surface area contributed by atoms with Crippen molar-refractivity contribution in [2.75, 3.05) is 0 Å². The Bertz CT molecular complexity index is 318. The summed E-state index contributed by atoms with van der Waals surface area (Å²) in [5, 5.41) is 26.8. The van der Waals surface area contributed by atoms with Gasteiger partial charge in [0.15, 0.2) is 11.7 Å². The van der Waals surface area contributed by atoms with Gasteiger partial charge in [-0.25, -0.2) is 4.79 Å². The Labute approximate surface area is 73.6 Å². The molecule has 1 aliphatic heterocycles. The minimum Gasteiger partial charge on any atom is -0.508 e. The molecule has 3 atom stereocenters. The van der Waals surface area contributed by atoms with Crippen LogP contribution in [0, 0.1) is 0 Å². The Morgan fingerprint density at radius 1 is 1.69 bits per heavy atom. The number of carbonyl (C=O) groups is 1. The van der Waals surface area contributed by atoms with Gasteiger partial charge in [0.1, 0.15) is 11.9 Å². The number of rotatable bonds is 2. The molecule has 1 aliphatic carbocycles. The van der Waals surface area contributed by atoms with E-state index in [2.05, 4.69) is 0 Å². The number of carboxylic acid groups (broad SMARTS) is 1. The van der Waals surface area contributed by atoms with E-state index in [0.29, 0.717) is 0 Å². The van der Waals surface area contributed by atoms with Crippen molar-refractivity contribution < 1.29 is 24.9 Å². The summed E-state index contributed by atoms with van der Waals surface area (Å²) >= 11 is 0. The molecule has 3 N–H and O–H groups in total. The van der Waals surface area contributed by atoms with Crippen molar-refractivity contribution >= 4 is 5.97 Å². The molecule has 0 aromatic heterocycles. The monoisotopic (exact) mass is 184 g/mol. The van der Waals surface area contributed by atoms with Crippen LogP contribution in [0.15, 0.2) is 24.0 Å². The van der Waals surface area contributed by atoms with Crippen LogP contribution >= 0.6 is 0 Å². The Morgan fingerprint density at radius 2 is 2.38 bits per heavy atom. The van der Waals surface area contributed by atoms with Gasteiger partial charge in [0.05, 0.1) is 0 Å². The highest BCUT2D eigenvalue weighted by molar-refractivity contribution is 5.76. The molecular formula is C8H8O5. The predicted molar refractivity (Wildman–Crippen MR) is 41.1 cm³/mol. The summed E-state index contributed by atoms with van der Waals surface area (Å²) in [5.74, 6) is -1.31. The van der Waals surface area contributed by atoms with Crippen LogP contribution < -0.4 is 0 Å². The lowest BCUT2D eigenvalue weighted by Crippen LogP contribution is -2.37. The van der Waals surface area contributed by atoms with Crippen LogP contribution in [-0.2, 0) is 9.53 Å². The molecule has 0 aromatic carbocycles. The topological polar surface area (TPSA) is 90.3 Å². The molecule has 0 spiro atoms. The normalized spacial score (nSPS) is 37.6. The van der Waals surface area contributed by atoms with E-state index in [1.165, 1.54) is 18.2 Å². The molecule has 3 unspecified atom stereocenters. The van der Waals surface area contributed by atoms with Gasteiger partial charge < -0.3 is 20.1 Å². The number of hydrogen-bond acceptors (Lipinski definition) is 4. The number of aliphatic carboxylic acids is 1. The zero-order valence-corrected chi connectivity index (χ0v) is 6.54. The summed E-state index contributed by atoms with van der Waals surface area (Å²) < 4.78 is 5.00. The first-order chi connectivity index (χ1) is 6.06. The highest BCUT2D eigenvalue weighted by Crippen LogP contribution is 2.45. The zero-order chi connectivity index (χ0) is 9.64. The fourth-order valence-corrected chi connectivity index (χ4v) is 1.41. The Hall–Kier alpha value is -1.33. The fraction of sp³-hybridized carbons (Fsp3) is 0.375. The molecule has 0 radical (unpaired) electrons. The van der Waals surface area contributed by atoms with Gasteiger partial charge in [0.2, 0.25) is 0 Å².